The molecule has 2 aromatic rings. The maximum absolute atomic E-state index is 13.5. The maximum atomic E-state index is 13.5. The highest BCUT2D eigenvalue weighted by atomic mass is 19.1. The molecule has 1 saturated heterocycles. The van der Waals surface area contributed by atoms with Crippen molar-refractivity contribution in [3.63, 3.8) is 0 Å². The van der Waals surface area contributed by atoms with E-state index in [1.54, 1.807) is 10.9 Å². The number of nitrogens with zero attached hydrogens (tertiary/aromatic N) is 2. The Balaban J connectivity index is 1.58. The van der Waals surface area contributed by atoms with Crippen LogP contribution in [0, 0.1) is 11.6 Å². The number of hydrogen-bond acceptors (Lipinski definition) is 3. The van der Waals surface area contributed by atoms with Crippen molar-refractivity contribution in [2.45, 2.75) is 25.5 Å². The third kappa shape index (κ3) is 4.05. The van der Waals surface area contributed by atoms with Crippen molar-refractivity contribution in [3.05, 3.63) is 53.9 Å². The van der Waals surface area contributed by atoms with E-state index in [9.17, 15) is 13.6 Å². The van der Waals surface area contributed by atoms with Crippen LogP contribution in [0.5, 0.6) is 0 Å². The first kappa shape index (κ1) is 16.3. The highest BCUT2D eigenvalue weighted by Gasteiger charge is 2.16. The number of nitrogens with one attached hydrogen (secondary N) is 1. The van der Waals surface area contributed by atoms with Crippen LogP contribution in [0.4, 0.5) is 14.5 Å². The zero-order valence-electron chi connectivity index (χ0n) is 12.9. The monoisotopic (exact) mass is 333 g/mol. The molecule has 1 amide bonds. The van der Waals surface area contributed by atoms with Gasteiger partial charge in [-0.1, -0.05) is 6.07 Å². The average molecular weight is 333 g/mol. The van der Waals surface area contributed by atoms with Crippen molar-refractivity contribution in [2.24, 2.45) is 0 Å². The minimum atomic E-state index is -0.719. The Morgan fingerprint density at radius 1 is 1.42 bits per heavy atom. The van der Waals surface area contributed by atoms with Gasteiger partial charge in [-0.3, -0.25) is 9.48 Å². The smallest absolute Gasteiger partial charge is 0.248 e. The fourth-order valence-corrected chi connectivity index (χ4v) is 2.54. The SMILES string of the molecule is O=C(/C=C\c1c(F)cccc1F)Nc1cnn(C[C@@H]2CCCO2)c1. The number of anilines is 1. The van der Waals surface area contributed by atoms with Gasteiger partial charge in [0.15, 0.2) is 0 Å². The topological polar surface area (TPSA) is 56.2 Å². The highest BCUT2D eigenvalue weighted by molar-refractivity contribution is 6.01. The molecule has 1 aromatic carbocycles. The maximum Gasteiger partial charge on any atom is 0.248 e. The predicted molar refractivity (Wildman–Crippen MR) is 85.2 cm³/mol. The van der Waals surface area contributed by atoms with E-state index in [-0.39, 0.29) is 11.7 Å². The van der Waals surface area contributed by atoms with Crippen LogP contribution >= 0.6 is 0 Å². The minimum Gasteiger partial charge on any atom is -0.376 e. The first-order valence-corrected chi connectivity index (χ1v) is 7.69. The van der Waals surface area contributed by atoms with E-state index in [0.29, 0.717) is 12.2 Å². The summed E-state index contributed by atoms with van der Waals surface area (Å²) in [5.74, 6) is -1.93. The van der Waals surface area contributed by atoms with Gasteiger partial charge < -0.3 is 10.1 Å². The molecule has 0 bridgehead atoms. The summed E-state index contributed by atoms with van der Waals surface area (Å²) in [6.07, 6.45) is 7.60. The third-order valence-electron chi connectivity index (χ3n) is 3.72. The molecule has 1 fully saturated rings. The molecule has 1 N–H and O–H groups in total. The van der Waals surface area contributed by atoms with Gasteiger partial charge >= 0.3 is 0 Å². The molecule has 1 aromatic heterocycles. The van der Waals surface area contributed by atoms with Gasteiger partial charge in [-0.2, -0.15) is 5.10 Å². The number of benzene rings is 1. The van der Waals surface area contributed by atoms with Gasteiger partial charge in [0, 0.05) is 24.4 Å². The van der Waals surface area contributed by atoms with E-state index in [4.69, 9.17) is 4.74 Å². The summed E-state index contributed by atoms with van der Waals surface area (Å²) in [5, 5.41) is 6.76. The molecule has 2 heterocycles. The van der Waals surface area contributed by atoms with E-state index in [1.165, 1.54) is 12.3 Å². The van der Waals surface area contributed by atoms with Crippen LogP contribution in [0.2, 0.25) is 0 Å². The number of carbonyl (C=O) groups is 1. The van der Waals surface area contributed by atoms with E-state index in [0.717, 1.165) is 43.7 Å². The van der Waals surface area contributed by atoms with Gasteiger partial charge in [-0.05, 0) is 31.1 Å². The summed E-state index contributed by atoms with van der Waals surface area (Å²) in [7, 11) is 0. The number of amides is 1. The first-order chi connectivity index (χ1) is 11.6. The lowest BCUT2D eigenvalue weighted by Crippen LogP contribution is -2.15. The molecule has 0 saturated carbocycles. The summed E-state index contributed by atoms with van der Waals surface area (Å²) in [6.45, 7) is 1.40. The van der Waals surface area contributed by atoms with Gasteiger partial charge in [-0.25, -0.2) is 8.78 Å². The molecular weight excluding hydrogens is 316 g/mol. The van der Waals surface area contributed by atoms with E-state index < -0.39 is 17.5 Å². The van der Waals surface area contributed by atoms with Gasteiger partial charge in [0.05, 0.1) is 24.5 Å². The van der Waals surface area contributed by atoms with Crippen LogP contribution in [-0.2, 0) is 16.1 Å². The quantitative estimate of drug-likeness (QED) is 0.856. The summed E-state index contributed by atoms with van der Waals surface area (Å²) >= 11 is 0. The second-order valence-corrected chi connectivity index (χ2v) is 5.54. The molecule has 3 rings (SSSR count). The Morgan fingerprint density at radius 2 is 2.21 bits per heavy atom. The first-order valence-electron chi connectivity index (χ1n) is 7.69. The molecular formula is C17H17F2N3O2. The standard InChI is InChI=1S/C17H17F2N3O2/c18-15-4-1-5-16(19)14(15)6-7-17(23)21-12-9-20-22(10-12)11-13-3-2-8-24-13/h1,4-7,9-10,13H,2-3,8,11H2,(H,21,23)/b7-6-/t13-/m0/s1. The average Bonchev–Trinajstić information content (AvgIpc) is 3.19. The Morgan fingerprint density at radius 3 is 2.92 bits per heavy atom. The molecule has 24 heavy (non-hydrogen) atoms. The van der Waals surface area contributed by atoms with Crippen LogP contribution in [0.3, 0.4) is 0 Å². The summed E-state index contributed by atoms with van der Waals surface area (Å²) in [4.78, 5) is 11.9. The zero-order valence-corrected chi connectivity index (χ0v) is 12.9. The van der Waals surface area contributed by atoms with Gasteiger partial charge in [0.25, 0.3) is 0 Å². The minimum absolute atomic E-state index is 0.150. The Hall–Kier alpha value is -2.54. The molecule has 0 aliphatic carbocycles. The van der Waals surface area contributed by atoms with E-state index in [1.807, 2.05) is 0 Å². The Bertz CT molecular complexity index is 732. The van der Waals surface area contributed by atoms with Crippen LogP contribution < -0.4 is 5.32 Å². The lowest BCUT2D eigenvalue weighted by Gasteiger charge is -2.08. The van der Waals surface area contributed by atoms with E-state index in [2.05, 4.69) is 10.4 Å². The molecule has 7 heteroatoms. The van der Waals surface area contributed by atoms with Crippen LogP contribution in [0.25, 0.3) is 6.08 Å². The van der Waals surface area contributed by atoms with Gasteiger partial charge in [-0.15, -0.1) is 0 Å². The third-order valence-corrected chi connectivity index (χ3v) is 3.72. The number of carbonyl (C=O) groups excluding carboxylic acids is 1. The second-order valence-electron chi connectivity index (χ2n) is 5.54. The van der Waals surface area contributed by atoms with Gasteiger partial charge in [0.1, 0.15) is 11.6 Å². The number of aromatic nitrogens is 2. The summed E-state index contributed by atoms with van der Waals surface area (Å²) in [5.41, 5.74) is 0.262. The molecule has 1 aliphatic heterocycles. The fourth-order valence-electron chi connectivity index (χ4n) is 2.54. The lowest BCUT2D eigenvalue weighted by molar-refractivity contribution is -0.111. The summed E-state index contributed by atoms with van der Waals surface area (Å²) in [6, 6.07) is 3.54. The molecule has 126 valence electrons. The van der Waals surface area contributed by atoms with Crippen molar-refractivity contribution in [1.29, 1.82) is 0 Å². The Kier molecular flexibility index (Phi) is 5.00. The van der Waals surface area contributed by atoms with Crippen molar-refractivity contribution in [3.8, 4) is 0 Å². The van der Waals surface area contributed by atoms with Gasteiger partial charge in [0.2, 0.25) is 5.91 Å². The molecule has 0 spiro atoms. The highest BCUT2D eigenvalue weighted by Crippen LogP contribution is 2.16. The van der Waals surface area contributed by atoms with Crippen molar-refractivity contribution in [1.82, 2.24) is 9.78 Å². The molecule has 5 nitrogen and oxygen atoms in total. The van der Waals surface area contributed by atoms with Crippen molar-refractivity contribution >= 4 is 17.7 Å². The molecule has 0 radical (unpaired) electrons. The van der Waals surface area contributed by atoms with Crippen LogP contribution in [0.15, 0.2) is 36.7 Å². The number of ether oxygens (including phenoxy) is 1. The normalized spacial score (nSPS) is 17.5. The largest absolute Gasteiger partial charge is 0.376 e. The molecule has 1 atom stereocenters. The molecule has 0 unspecified atom stereocenters. The summed E-state index contributed by atoms with van der Waals surface area (Å²) < 4.78 is 34.2. The Labute approximate surface area is 137 Å². The van der Waals surface area contributed by atoms with Crippen molar-refractivity contribution < 1.29 is 18.3 Å². The molecule has 1 aliphatic rings. The van der Waals surface area contributed by atoms with Crippen molar-refractivity contribution in [2.75, 3.05) is 11.9 Å². The number of halogens is 2. The predicted octanol–water partition coefficient (Wildman–Crippen LogP) is 2.99. The zero-order chi connectivity index (χ0) is 16.9. The second kappa shape index (κ2) is 7.35. The fraction of sp³-hybridized carbons (Fsp3) is 0.294. The van der Waals surface area contributed by atoms with Crippen LogP contribution in [-0.4, -0.2) is 28.4 Å². The number of hydrogen-bond donors (Lipinski definition) is 1. The van der Waals surface area contributed by atoms with Crippen LogP contribution in [0.1, 0.15) is 18.4 Å². The van der Waals surface area contributed by atoms with E-state index >= 15 is 0 Å². The number of rotatable bonds is 5. The lowest BCUT2D eigenvalue weighted by atomic mass is 10.2.